The fourth-order valence-corrected chi connectivity index (χ4v) is 1.83. The van der Waals surface area contributed by atoms with Gasteiger partial charge in [-0.05, 0) is 27.7 Å². The quantitative estimate of drug-likeness (QED) is 0.827. The first kappa shape index (κ1) is 13.1. The summed E-state index contributed by atoms with van der Waals surface area (Å²) in [7, 11) is 0. The molecule has 1 N–H and O–H groups in total. The van der Waals surface area contributed by atoms with E-state index in [9.17, 15) is 4.79 Å². The number of esters is 1. The molecular formula is C13H21N3O2. The Kier molecular flexibility index (Phi) is 3.43. The predicted molar refractivity (Wildman–Crippen MR) is 67.9 cm³/mol. The van der Waals surface area contributed by atoms with Gasteiger partial charge in [0.15, 0.2) is 0 Å². The summed E-state index contributed by atoms with van der Waals surface area (Å²) < 4.78 is 5.43. The number of rotatable bonds is 3. The van der Waals surface area contributed by atoms with Crippen molar-refractivity contribution in [3.8, 4) is 0 Å². The molecule has 0 amide bonds. The van der Waals surface area contributed by atoms with Crippen molar-refractivity contribution in [2.45, 2.75) is 40.3 Å². The van der Waals surface area contributed by atoms with Gasteiger partial charge in [-0.1, -0.05) is 0 Å². The number of carbonyl (C=O) groups is 1. The maximum absolute atomic E-state index is 11.7. The van der Waals surface area contributed by atoms with Crippen LogP contribution in [0, 0.1) is 12.3 Å². The molecule has 0 spiro atoms. The van der Waals surface area contributed by atoms with Crippen molar-refractivity contribution in [1.29, 1.82) is 0 Å². The number of hydrogen-bond acceptors (Lipinski definition) is 4. The van der Waals surface area contributed by atoms with E-state index in [1.807, 2.05) is 33.9 Å². The van der Waals surface area contributed by atoms with Crippen LogP contribution in [0.1, 0.15) is 32.0 Å². The molecule has 0 saturated carbocycles. The van der Waals surface area contributed by atoms with Gasteiger partial charge in [0.1, 0.15) is 6.10 Å². The van der Waals surface area contributed by atoms with E-state index >= 15 is 0 Å². The SMILES string of the molecule is Cc1[nH]ncc1CN1CC(OC(=O)C(C)(C)C)C1. The highest BCUT2D eigenvalue weighted by Gasteiger charge is 2.33. The molecule has 0 aromatic carbocycles. The fraction of sp³-hybridized carbons (Fsp3) is 0.692. The summed E-state index contributed by atoms with van der Waals surface area (Å²) in [5, 5.41) is 6.92. The third kappa shape index (κ3) is 2.90. The Morgan fingerprint density at radius 2 is 2.22 bits per heavy atom. The van der Waals surface area contributed by atoms with Gasteiger partial charge in [0.25, 0.3) is 0 Å². The number of aryl methyl sites for hydroxylation is 1. The Hall–Kier alpha value is -1.36. The van der Waals surface area contributed by atoms with Crippen molar-refractivity contribution >= 4 is 5.97 Å². The molecule has 5 nitrogen and oxygen atoms in total. The van der Waals surface area contributed by atoms with Crippen LogP contribution in [0.2, 0.25) is 0 Å². The molecule has 5 heteroatoms. The first-order valence-electron chi connectivity index (χ1n) is 6.28. The second-order valence-corrected chi connectivity index (χ2v) is 5.99. The monoisotopic (exact) mass is 251 g/mol. The van der Waals surface area contributed by atoms with Gasteiger partial charge in [-0.3, -0.25) is 14.8 Å². The van der Waals surface area contributed by atoms with E-state index in [2.05, 4.69) is 15.1 Å². The third-order valence-electron chi connectivity index (χ3n) is 3.14. The molecule has 18 heavy (non-hydrogen) atoms. The summed E-state index contributed by atoms with van der Waals surface area (Å²) in [5.41, 5.74) is 1.89. The van der Waals surface area contributed by atoms with Gasteiger partial charge in [0.2, 0.25) is 0 Å². The van der Waals surface area contributed by atoms with Gasteiger partial charge in [-0.2, -0.15) is 5.10 Å². The lowest BCUT2D eigenvalue weighted by Gasteiger charge is -2.39. The molecule has 0 unspecified atom stereocenters. The zero-order valence-corrected chi connectivity index (χ0v) is 11.5. The normalized spacial score (nSPS) is 17.6. The number of aromatic amines is 1. The number of hydrogen-bond donors (Lipinski definition) is 1. The first-order valence-corrected chi connectivity index (χ1v) is 6.28. The van der Waals surface area contributed by atoms with E-state index < -0.39 is 5.41 Å². The average molecular weight is 251 g/mol. The largest absolute Gasteiger partial charge is 0.459 e. The van der Waals surface area contributed by atoms with E-state index in [4.69, 9.17) is 4.74 Å². The van der Waals surface area contributed by atoms with Crippen molar-refractivity contribution in [2.75, 3.05) is 13.1 Å². The van der Waals surface area contributed by atoms with E-state index in [-0.39, 0.29) is 12.1 Å². The van der Waals surface area contributed by atoms with Gasteiger partial charge in [0, 0.05) is 30.9 Å². The van der Waals surface area contributed by atoms with E-state index in [1.54, 1.807) is 0 Å². The summed E-state index contributed by atoms with van der Waals surface area (Å²) in [4.78, 5) is 13.9. The average Bonchev–Trinajstić information content (AvgIpc) is 2.59. The molecule has 1 aliphatic rings. The Balaban J connectivity index is 1.75. The Labute approximate surface area is 108 Å². The minimum atomic E-state index is -0.415. The number of nitrogens with one attached hydrogen (secondary N) is 1. The molecular weight excluding hydrogens is 230 g/mol. The lowest BCUT2D eigenvalue weighted by atomic mass is 9.97. The van der Waals surface area contributed by atoms with Crippen molar-refractivity contribution < 1.29 is 9.53 Å². The highest BCUT2D eigenvalue weighted by atomic mass is 16.5. The number of ether oxygens (including phenoxy) is 1. The second kappa shape index (κ2) is 4.72. The lowest BCUT2D eigenvalue weighted by molar-refractivity contribution is -0.167. The Morgan fingerprint density at radius 3 is 2.72 bits per heavy atom. The molecule has 2 heterocycles. The van der Waals surface area contributed by atoms with Crippen LogP contribution in [0.25, 0.3) is 0 Å². The number of likely N-dealkylation sites (tertiary alicyclic amines) is 1. The first-order chi connectivity index (χ1) is 8.36. The van der Waals surface area contributed by atoms with Gasteiger partial charge in [-0.25, -0.2) is 0 Å². The van der Waals surface area contributed by atoms with Gasteiger partial charge in [0.05, 0.1) is 11.6 Å². The molecule has 1 aromatic rings. The number of nitrogens with zero attached hydrogens (tertiary/aromatic N) is 2. The predicted octanol–water partition coefficient (Wildman–Crippen LogP) is 1.49. The van der Waals surface area contributed by atoms with Gasteiger partial charge in [-0.15, -0.1) is 0 Å². The molecule has 0 bridgehead atoms. The van der Waals surface area contributed by atoms with Crippen LogP contribution < -0.4 is 0 Å². The Morgan fingerprint density at radius 1 is 1.56 bits per heavy atom. The fourth-order valence-electron chi connectivity index (χ4n) is 1.83. The highest BCUT2D eigenvalue weighted by Crippen LogP contribution is 2.21. The molecule has 1 aromatic heterocycles. The molecule has 1 saturated heterocycles. The van der Waals surface area contributed by atoms with Crippen LogP contribution >= 0.6 is 0 Å². The van der Waals surface area contributed by atoms with Crippen LogP contribution in [0.5, 0.6) is 0 Å². The standard InChI is InChI=1S/C13H21N3O2/c1-9-10(5-14-15-9)6-16-7-11(8-16)18-12(17)13(2,3)4/h5,11H,6-8H2,1-4H3,(H,14,15). The summed E-state index contributed by atoms with van der Waals surface area (Å²) in [5.74, 6) is -0.119. The second-order valence-electron chi connectivity index (χ2n) is 5.99. The number of H-pyrrole nitrogens is 1. The third-order valence-corrected chi connectivity index (χ3v) is 3.14. The molecule has 0 radical (unpaired) electrons. The molecule has 100 valence electrons. The van der Waals surface area contributed by atoms with Crippen molar-refractivity contribution in [3.05, 3.63) is 17.5 Å². The van der Waals surface area contributed by atoms with Crippen LogP contribution in [-0.2, 0) is 16.1 Å². The van der Waals surface area contributed by atoms with Crippen LogP contribution in [0.15, 0.2) is 6.20 Å². The van der Waals surface area contributed by atoms with Gasteiger partial charge < -0.3 is 4.74 Å². The van der Waals surface area contributed by atoms with Crippen LogP contribution in [0.3, 0.4) is 0 Å². The van der Waals surface area contributed by atoms with E-state index in [0.29, 0.717) is 0 Å². The van der Waals surface area contributed by atoms with Crippen molar-refractivity contribution in [3.63, 3.8) is 0 Å². The minimum absolute atomic E-state index is 0.0453. The molecule has 0 atom stereocenters. The molecule has 2 rings (SSSR count). The number of aromatic nitrogens is 2. The summed E-state index contributed by atoms with van der Waals surface area (Å²) in [6, 6.07) is 0. The minimum Gasteiger partial charge on any atom is -0.459 e. The highest BCUT2D eigenvalue weighted by molar-refractivity contribution is 5.75. The lowest BCUT2D eigenvalue weighted by Crippen LogP contribution is -2.53. The molecule has 0 aliphatic carbocycles. The smallest absolute Gasteiger partial charge is 0.311 e. The topological polar surface area (TPSA) is 58.2 Å². The summed E-state index contributed by atoms with van der Waals surface area (Å²) in [6.07, 6.45) is 1.90. The van der Waals surface area contributed by atoms with E-state index in [1.165, 1.54) is 5.56 Å². The van der Waals surface area contributed by atoms with Crippen molar-refractivity contribution in [2.24, 2.45) is 5.41 Å². The van der Waals surface area contributed by atoms with Crippen molar-refractivity contribution in [1.82, 2.24) is 15.1 Å². The zero-order valence-electron chi connectivity index (χ0n) is 11.5. The van der Waals surface area contributed by atoms with Gasteiger partial charge >= 0.3 is 5.97 Å². The Bertz CT molecular complexity index is 428. The van der Waals surface area contributed by atoms with Crippen LogP contribution in [-0.4, -0.2) is 40.3 Å². The number of carbonyl (C=O) groups excluding carboxylic acids is 1. The molecule has 1 aliphatic heterocycles. The maximum atomic E-state index is 11.7. The summed E-state index contributed by atoms with van der Waals surface area (Å²) >= 11 is 0. The van der Waals surface area contributed by atoms with E-state index in [0.717, 1.165) is 25.3 Å². The molecule has 1 fully saturated rings. The zero-order chi connectivity index (χ0) is 13.3. The van der Waals surface area contributed by atoms with Crippen LogP contribution in [0.4, 0.5) is 0 Å². The maximum Gasteiger partial charge on any atom is 0.311 e. The summed E-state index contributed by atoms with van der Waals surface area (Å²) in [6.45, 7) is 10.1.